The number of rotatable bonds is 8. The fourth-order valence-corrected chi connectivity index (χ4v) is 4.50. The first kappa shape index (κ1) is 28.5. The first-order valence-corrected chi connectivity index (χ1v) is 12.0. The number of benzene rings is 2. The molecule has 200 valence electrons. The van der Waals surface area contributed by atoms with Crippen LogP contribution in [0.3, 0.4) is 0 Å². The molecule has 0 bridgehead atoms. The summed E-state index contributed by atoms with van der Waals surface area (Å²) in [6.45, 7) is 0.280. The highest BCUT2D eigenvalue weighted by Gasteiger charge is 2.42. The maximum atomic E-state index is 12.9. The summed E-state index contributed by atoms with van der Waals surface area (Å²) in [5.41, 5.74) is 4.14. The number of anilines is 1. The number of nitrogens with two attached hydrogens (primary N) is 1. The van der Waals surface area contributed by atoms with Crippen LogP contribution in [-0.4, -0.2) is 60.0 Å². The van der Waals surface area contributed by atoms with Crippen LogP contribution in [0.5, 0.6) is 0 Å². The lowest BCUT2D eigenvalue weighted by Crippen LogP contribution is -2.59. The van der Waals surface area contributed by atoms with E-state index in [1.807, 2.05) is 0 Å². The predicted molar refractivity (Wildman–Crippen MR) is 132 cm³/mol. The van der Waals surface area contributed by atoms with Crippen LogP contribution in [0.4, 0.5) is 23.7 Å². The molecule has 1 heterocycles. The second-order valence-electron chi connectivity index (χ2n) is 8.53. The minimum atomic E-state index is -4.59. The average Bonchev–Trinajstić information content (AvgIpc) is 2.87. The number of carbonyl (C=O) groups is 3. The van der Waals surface area contributed by atoms with Crippen molar-refractivity contribution in [1.82, 2.24) is 9.80 Å². The molecule has 13 heteroatoms. The Morgan fingerprint density at radius 1 is 1.14 bits per heavy atom. The Hall–Kier alpha value is -3.02. The highest BCUT2D eigenvalue weighted by molar-refractivity contribution is 6.33. The first-order valence-electron chi connectivity index (χ1n) is 11.2. The van der Waals surface area contributed by atoms with Crippen LogP contribution in [0.1, 0.15) is 24.0 Å². The van der Waals surface area contributed by atoms with Gasteiger partial charge in [0.25, 0.3) is 0 Å². The second-order valence-corrected chi connectivity index (χ2v) is 9.34. The molecule has 8 nitrogen and oxygen atoms in total. The van der Waals surface area contributed by atoms with Gasteiger partial charge in [0, 0.05) is 24.7 Å². The van der Waals surface area contributed by atoms with E-state index in [0.29, 0.717) is 23.1 Å². The quantitative estimate of drug-likeness (QED) is 0.461. The summed E-state index contributed by atoms with van der Waals surface area (Å²) < 4.78 is 44.1. The number of amides is 3. The van der Waals surface area contributed by atoms with E-state index in [4.69, 9.17) is 33.7 Å². The molecule has 0 spiro atoms. The van der Waals surface area contributed by atoms with Gasteiger partial charge in [0.2, 0.25) is 12.3 Å². The van der Waals surface area contributed by atoms with Crippen LogP contribution in [0, 0.1) is 0 Å². The Morgan fingerprint density at radius 3 is 2.38 bits per heavy atom. The van der Waals surface area contributed by atoms with Crippen molar-refractivity contribution in [3.8, 4) is 0 Å². The summed E-state index contributed by atoms with van der Waals surface area (Å²) in [7, 11) is 0. The van der Waals surface area contributed by atoms with Crippen LogP contribution in [-0.2, 0) is 27.0 Å². The van der Waals surface area contributed by atoms with E-state index >= 15 is 0 Å². The van der Waals surface area contributed by atoms with Crippen molar-refractivity contribution < 1.29 is 32.3 Å². The minimum absolute atomic E-state index is 0.0691. The van der Waals surface area contributed by atoms with Crippen LogP contribution in [0.15, 0.2) is 42.5 Å². The maximum absolute atomic E-state index is 12.9. The van der Waals surface area contributed by atoms with Gasteiger partial charge in [-0.3, -0.25) is 14.9 Å². The van der Waals surface area contributed by atoms with Crippen LogP contribution >= 0.6 is 23.2 Å². The Kier molecular flexibility index (Phi) is 9.27. The molecule has 0 aliphatic carbocycles. The zero-order valence-electron chi connectivity index (χ0n) is 19.6. The van der Waals surface area contributed by atoms with Crippen molar-refractivity contribution in [2.24, 2.45) is 5.73 Å². The molecule has 1 fully saturated rings. The van der Waals surface area contributed by atoms with E-state index in [1.54, 1.807) is 29.2 Å². The van der Waals surface area contributed by atoms with Crippen molar-refractivity contribution >= 4 is 47.3 Å². The molecule has 3 amide bonds. The lowest BCUT2D eigenvalue weighted by atomic mass is 9.86. The van der Waals surface area contributed by atoms with Gasteiger partial charge in [-0.25, -0.2) is 4.79 Å². The van der Waals surface area contributed by atoms with Gasteiger partial charge in [-0.05, 0) is 42.7 Å². The number of piperidine rings is 1. The Bertz CT molecular complexity index is 1140. The molecule has 0 atom stereocenters. The molecule has 3 rings (SSSR count). The third-order valence-electron chi connectivity index (χ3n) is 6.26. The highest BCUT2D eigenvalue weighted by atomic mass is 35.5. The monoisotopic (exact) mass is 560 g/mol. The van der Waals surface area contributed by atoms with E-state index in [2.05, 4.69) is 5.32 Å². The summed E-state index contributed by atoms with van der Waals surface area (Å²) in [5, 5.41) is 2.47. The lowest BCUT2D eigenvalue weighted by molar-refractivity contribution is -0.138. The van der Waals surface area contributed by atoms with Crippen molar-refractivity contribution in [2.75, 3.05) is 31.6 Å². The third-order valence-corrected chi connectivity index (χ3v) is 6.94. The first-order chi connectivity index (χ1) is 17.5. The molecule has 1 aliphatic rings. The van der Waals surface area contributed by atoms with Gasteiger partial charge in [-0.1, -0.05) is 41.4 Å². The Labute approximate surface area is 221 Å². The summed E-state index contributed by atoms with van der Waals surface area (Å²) in [5.74, 6) is -0.243. The topological polar surface area (TPSA) is 105 Å². The number of halogens is 5. The fraction of sp³-hybridized carbons (Fsp3) is 0.375. The van der Waals surface area contributed by atoms with Crippen LogP contribution in [0.2, 0.25) is 10.0 Å². The van der Waals surface area contributed by atoms with E-state index in [9.17, 15) is 27.6 Å². The van der Waals surface area contributed by atoms with Crippen molar-refractivity contribution in [1.29, 1.82) is 0 Å². The van der Waals surface area contributed by atoms with E-state index in [-0.39, 0.29) is 62.2 Å². The third kappa shape index (κ3) is 7.06. The van der Waals surface area contributed by atoms with Gasteiger partial charge in [-0.2, -0.15) is 13.2 Å². The van der Waals surface area contributed by atoms with Crippen molar-refractivity contribution in [3.05, 3.63) is 63.6 Å². The van der Waals surface area contributed by atoms with E-state index in [0.717, 1.165) is 12.1 Å². The maximum Gasteiger partial charge on any atom is 0.416 e. The molecular weight excluding hydrogens is 536 g/mol. The number of likely N-dealkylation sites (tertiary alicyclic amines) is 1. The standard InChI is InChI=1S/C24H25Cl2F3N4O4/c25-18-4-2-1-3-16(18)13-33(15-34)23(7-9-32(10-8-23)21(35)12-30)14-37-22(36)31-20-6-5-17(11-19(20)26)24(27,28)29/h1-6,11,15H,7-10,12-14,30H2,(H,31,36). The van der Waals surface area contributed by atoms with E-state index < -0.39 is 23.4 Å². The molecule has 2 aromatic rings. The molecule has 37 heavy (non-hydrogen) atoms. The zero-order valence-corrected chi connectivity index (χ0v) is 21.1. The SMILES string of the molecule is NCC(=O)N1CCC(COC(=O)Nc2ccc(C(F)(F)F)cc2Cl)(N(C=O)Cc2ccccc2Cl)CC1. The summed E-state index contributed by atoms with van der Waals surface area (Å²) >= 11 is 12.2. The number of hydrogen-bond donors (Lipinski definition) is 2. The largest absolute Gasteiger partial charge is 0.447 e. The van der Waals surface area contributed by atoms with Gasteiger partial charge < -0.3 is 20.3 Å². The Balaban J connectivity index is 1.76. The second kappa shape index (κ2) is 12.0. The summed E-state index contributed by atoms with van der Waals surface area (Å²) in [4.78, 5) is 39.9. The predicted octanol–water partition coefficient (Wildman–Crippen LogP) is 4.54. The van der Waals surface area contributed by atoms with E-state index in [1.165, 1.54) is 4.90 Å². The molecule has 1 aliphatic heterocycles. The number of ether oxygens (including phenoxy) is 1. The van der Waals surface area contributed by atoms with Gasteiger partial charge >= 0.3 is 12.3 Å². The van der Waals surface area contributed by atoms with Crippen molar-refractivity contribution in [3.63, 3.8) is 0 Å². The molecule has 2 aromatic carbocycles. The number of nitrogens with one attached hydrogen (secondary N) is 1. The molecule has 1 saturated heterocycles. The Morgan fingerprint density at radius 2 is 1.81 bits per heavy atom. The zero-order chi connectivity index (χ0) is 27.2. The van der Waals surface area contributed by atoms with Gasteiger partial charge in [0.15, 0.2) is 0 Å². The van der Waals surface area contributed by atoms with Crippen LogP contribution in [0.25, 0.3) is 0 Å². The lowest BCUT2D eigenvalue weighted by Gasteiger charge is -2.47. The molecule has 3 N–H and O–H groups in total. The molecule has 0 aromatic heterocycles. The average molecular weight is 561 g/mol. The summed E-state index contributed by atoms with van der Waals surface area (Å²) in [6, 6.07) is 9.48. The molecule has 0 saturated carbocycles. The number of hydrogen-bond acceptors (Lipinski definition) is 5. The van der Waals surface area contributed by atoms with Crippen molar-refractivity contribution in [2.45, 2.75) is 31.1 Å². The number of nitrogens with zero attached hydrogens (tertiary/aromatic N) is 2. The minimum Gasteiger partial charge on any atom is -0.447 e. The smallest absolute Gasteiger partial charge is 0.416 e. The molecule has 0 radical (unpaired) electrons. The normalized spacial score (nSPS) is 15.1. The number of alkyl halides is 3. The number of carbonyl (C=O) groups excluding carboxylic acids is 3. The summed E-state index contributed by atoms with van der Waals surface area (Å²) in [6.07, 6.45) is -4.34. The highest BCUT2D eigenvalue weighted by Crippen LogP contribution is 2.34. The molecular formula is C24H25Cl2F3N4O4. The van der Waals surface area contributed by atoms with Crippen LogP contribution < -0.4 is 11.1 Å². The fourth-order valence-electron chi connectivity index (χ4n) is 4.08. The van der Waals surface area contributed by atoms with Gasteiger partial charge in [0.05, 0.1) is 28.4 Å². The van der Waals surface area contributed by atoms with Gasteiger partial charge in [0.1, 0.15) is 6.61 Å². The van der Waals surface area contributed by atoms with Gasteiger partial charge in [-0.15, -0.1) is 0 Å². The molecule has 0 unspecified atom stereocenters.